The second-order valence-corrected chi connectivity index (χ2v) is 5.17. The monoisotopic (exact) mass is 335 g/mol. The molecule has 0 unspecified atom stereocenters. The summed E-state index contributed by atoms with van der Waals surface area (Å²) in [6.45, 7) is 5.08. The number of halogens is 1. The number of para-hydroxylation sites is 1. The van der Waals surface area contributed by atoms with Crippen molar-refractivity contribution in [3.63, 3.8) is 0 Å². The van der Waals surface area contributed by atoms with Gasteiger partial charge in [0.1, 0.15) is 5.69 Å². The van der Waals surface area contributed by atoms with E-state index in [0.29, 0.717) is 17.8 Å². The minimum atomic E-state index is -0.223. The van der Waals surface area contributed by atoms with E-state index in [1.165, 1.54) is 6.92 Å². The summed E-state index contributed by atoms with van der Waals surface area (Å²) in [4.78, 5) is 23.8. The first kappa shape index (κ1) is 18.9. The van der Waals surface area contributed by atoms with Crippen LogP contribution < -0.4 is 10.6 Å². The number of carbonyl (C=O) groups is 2. The van der Waals surface area contributed by atoms with E-state index in [4.69, 9.17) is 0 Å². The average molecular weight is 336 g/mol. The lowest BCUT2D eigenvalue weighted by atomic mass is 10.1. The molecule has 0 fully saturated rings. The molecule has 1 aromatic carbocycles. The number of nitrogens with one attached hydrogen (secondary N) is 2. The molecular weight excluding hydrogens is 314 g/mol. The summed E-state index contributed by atoms with van der Waals surface area (Å²) in [5, 5.41) is 6.16. The lowest BCUT2D eigenvalue weighted by Gasteiger charge is -2.11. The average Bonchev–Trinajstić information content (AvgIpc) is 2.88. The maximum Gasteiger partial charge on any atom is 0.272 e. The van der Waals surface area contributed by atoms with Crippen LogP contribution in [0.3, 0.4) is 0 Å². The van der Waals surface area contributed by atoms with Crippen LogP contribution in [-0.2, 0) is 13.6 Å². The van der Waals surface area contributed by atoms with Crippen LogP contribution in [0.15, 0.2) is 36.5 Å². The lowest BCUT2D eigenvalue weighted by molar-refractivity contribution is 0.101. The summed E-state index contributed by atoms with van der Waals surface area (Å²) in [7, 11) is 1.76. The maximum atomic E-state index is 12.4. The number of hydrogen-bond acceptors (Lipinski definition) is 3. The van der Waals surface area contributed by atoms with E-state index in [2.05, 4.69) is 10.6 Å². The predicted octanol–water partition coefficient (Wildman–Crippen LogP) is 3.01. The highest BCUT2D eigenvalue weighted by molar-refractivity contribution is 6.05. The third-order valence-electron chi connectivity index (χ3n) is 3.48. The molecule has 0 saturated heterocycles. The largest absolute Gasteiger partial charge is 0.346 e. The third-order valence-corrected chi connectivity index (χ3v) is 3.48. The highest BCUT2D eigenvalue weighted by Crippen LogP contribution is 2.17. The second-order valence-electron chi connectivity index (χ2n) is 5.17. The zero-order valence-corrected chi connectivity index (χ0v) is 14.4. The van der Waals surface area contributed by atoms with Gasteiger partial charge in [0, 0.05) is 31.0 Å². The van der Waals surface area contributed by atoms with Crippen molar-refractivity contribution < 1.29 is 9.59 Å². The Morgan fingerprint density at radius 3 is 2.52 bits per heavy atom. The maximum absolute atomic E-state index is 12.4. The number of rotatable bonds is 6. The number of benzene rings is 1. The normalized spacial score (nSPS) is 10.0. The van der Waals surface area contributed by atoms with E-state index in [1.54, 1.807) is 23.9 Å². The first-order valence-electron chi connectivity index (χ1n) is 7.30. The molecule has 0 radical (unpaired) electrons. The highest BCUT2D eigenvalue weighted by atomic mass is 35.5. The van der Waals surface area contributed by atoms with Gasteiger partial charge in [0.15, 0.2) is 5.78 Å². The van der Waals surface area contributed by atoms with Crippen LogP contribution in [0.2, 0.25) is 0 Å². The van der Waals surface area contributed by atoms with Gasteiger partial charge in [-0.15, -0.1) is 12.4 Å². The van der Waals surface area contributed by atoms with E-state index in [1.807, 2.05) is 31.2 Å². The van der Waals surface area contributed by atoms with Crippen molar-refractivity contribution in [3.05, 3.63) is 53.3 Å². The first-order chi connectivity index (χ1) is 10.5. The molecule has 1 heterocycles. The Kier molecular flexibility index (Phi) is 7.00. The number of aryl methyl sites for hydroxylation is 1. The Hall–Kier alpha value is -2.11. The number of ketones is 1. The summed E-state index contributed by atoms with van der Waals surface area (Å²) in [6.07, 6.45) is 1.67. The number of anilines is 1. The SMILES string of the molecule is CCNCc1ccccc1NC(=O)c1cc(C(C)=O)cn1C.Cl. The predicted molar refractivity (Wildman–Crippen MR) is 94.4 cm³/mol. The third kappa shape index (κ3) is 4.68. The topological polar surface area (TPSA) is 63.1 Å². The van der Waals surface area contributed by atoms with Crippen molar-refractivity contribution >= 4 is 29.8 Å². The molecule has 124 valence electrons. The standard InChI is InChI=1S/C17H21N3O2.ClH/c1-4-18-10-13-7-5-6-8-15(13)19-17(22)16-9-14(12(2)21)11-20(16)3;/h5-9,11,18H,4,10H2,1-3H3,(H,19,22);1H. The van der Waals surface area contributed by atoms with E-state index >= 15 is 0 Å². The summed E-state index contributed by atoms with van der Waals surface area (Å²) in [5.74, 6) is -0.277. The van der Waals surface area contributed by atoms with Gasteiger partial charge in [-0.05, 0) is 31.2 Å². The van der Waals surface area contributed by atoms with Crippen molar-refractivity contribution in [2.75, 3.05) is 11.9 Å². The molecule has 6 heteroatoms. The Balaban J connectivity index is 0.00000264. The van der Waals surface area contributed by atoms with Crippen LogP contribution in [0, 0.1) is 0 Å². The van der Waals surface area contributed by atoms with Crippen molar-refractivity contribution in [3.8, 4) is 0 Å². The molecule has 0 atom stereocenters. The number of hydrogen-bond donors (Lipinski definition) is 2. The van der Waals surface area contributed by atoms with Crippen LogP contribution in [0.25, 0.3) is 0 Å². The molecule has 1 aromatic heterocycles. The first-order valence-corrected chi connectivity index (χ1v) is 7.30. The zero-order chi connectivity index (χ0) is 16.1. The number of Topliss-reactive ketones (excluding diaryl/α,β-unsaturated/α-hetero) is 1. The molecule has 2 aromatic rings. The highest BCUT2D eigenvalue weighted by Gasteiger charge is 2.15. The van der Waals surface area contributed by atoms with Crippen LogP contribution in [0.4, 0.5) is 5.69 Å². The van der Waals surface area contributed by atoms with Gasteiger partial charge < -0.3 is 15.2 Å². The molecule has 0 aliphatic heterocycles. The minimum Gasteiger partial charge on any atom is -0.346 e. The van der Waals surface area contributed by atoms with Gasteiger partial charge in [-0.1, -0.05) is 25.1 Å². The molecule has 23 heavy (non-hydrogen) atoms. The van der Waals surface area contributed by atoms with Gasteiger partial charge in [0.05, 0.1) is 0 Å². The van der Waals surface area contributed by atoms with Crippen molar-refractivity contribution in [2.45, 2.75) is 20.4 Å². The molecule has 2 N–H and O–H groups in total. The quantitative estimate of drug-likeness (QED) is 0.798. The van der Waals surface area contributed by atoms with E-state index in [0.717, 1.165) is 17.8 Å². The molecule has 0 spiro atoms. The fourth-order valence-electron chi connectivity index (χ4n) is 2.23. The number of amides is 1. The summed E-state index contributed by atoms with van der Waals surface area (Å²) in [5.41, 5.74) is 2.80. The van der Waals surface area contributed by atoms with Crippen molar-refractivity contribution in [2.24, 2.45) is 7.05 Å². The molecule has 0 aliphatic carbocycles. The molecular formula is C17H22ClN3O2. The fourth-order valence-corrected chi connectivity index (χ4v) is 2.23. The van der Waals surface area contributed by atoms with Gasteiger partial charge in [0.25, 0.3) is 5.91 Å². The molecule has 5 nitrogen and oxygen atoms in total. The summed E-state index contributed by atoms with van der Waals surface area (Å²) in [6, 6.07) is 9.30. The van der Waals surface area contributed by atoms with Crippen LogP contribution >= 0.6 is 12.4 Å². The second kappa shape index (κ2) is 8.50. The van der Waals surface area contributed by atoms with Gasteiger partial charge in [-0.2, -0.15) is 0 Å². The summed E-state index contributed by atoms with van der Waals surface area (Å²) < 4.78 is 1.67. The number of carbonyl (C=O) groups excluding carboxylic acids is 2. The number of aromatic nitrogens is 1. The molecule has 0 saturated carbocycles. The summed E-state index contributed by atoms with van der Waals surface area (Å²) >= 11 is 0. The van der Waals surface area contributed by atoms with Crippen molar-refractivity contribution in [1.82, 2.24) is 9.88 Å². The van der Waals surface area contributed by atoms with E-state index in [9.17, 15) is 9.59 Å². The molecule has 0 aliphatic rings. The van der Waals surface area contributed by atoms with Crippen molar-refractivity contribution in [1.29, 1.82) is 0 Å². The van der Waals surface area contributed by atoms with Crippen LogP contribution in [-0.4, -0.2) is 22.8 Å². The Bertz CT molecular complexity index is 695. The Morgan fingerprint density at radius 2 is 1.91 bits per heavy atom. The number of nitrogens with zero attached hydrogens (tertiary/aromatic N) is 1. The van der Waals surface area contributed by atoms with Crippen LogP contribution in [0.1, 0.15) is 40.3 Å². The van der Waals surface area contributed by atoms with Gasteiger partial charge >= 0.3 is 0 Å². The molecule has 1 amide bonds. The van der Waals surface area contributed by atoms with E-state index in [-0.39, 0.29) is 24.1 Å². The lowest BCUT2D eigenvalue weighted by Crippen LogP contribution is -2.18. The Morgan fingerprint density at radius 1 is 1.22 bits per heavy atom. The molecule has 0 bridgehead atoms. The van der Waals surface area contributed by atoms with Gasteiger partial charge in [-0.25, -0.2) is 0 Å². The minimum absolute atomic E-state index is 0. The fraction of sp³-hybridized carbons (Fsp3) is 0.294. The zero-order valence-electron chi connectivity index (χ0n) is 13.6. The van der Waals surface area contributed by atoms with Crippen LogP contribution in [0.5, 0.6) is 0 Å². The van der Waals surface area contributed by atoms with Gasteiger partial charge in [-0.3, -0.25) is 9.59 Å². The smallest absolute Gasteiger partial charge is 0.272 e. The molecule has 2 rings (SSSR count). The Labute approximate surface area is 142 Å². The van der Waals surface area contributed by atoms with E-state index < -0.39 is 0 Å². The van der Waals surface area contributed by atoms with Gasteiger partial charge in [0.2, 0.25) is 0 Å².